The van der Waals surface area contributed by atoms with Crippen LogP contribution < -0.4 is 5.69 Å². The van der Waals surface area contributed by atoms with Crippen molar-refractivity contribution in [2.75, 3.05) is 0 Å². The molecule has 0 aliphatic heterocycles. The van der Waals surface area contributed by atoms with Crippen LogP contribution in [-0.2, 0) is 5.75 Å². The predicted molar refractivity (Wildman–Crippen MR) is 100 cm³/mol. The molecule has 0 saturated carbocycles. The molecular weight excluding hydrogens is 375 g/mol. The molecule has 2 aromatic carbocycles. The van der Waals surface area contributed by atoms with Crippen LogP contribution in [0.5, 0.6) is 0 Å². The highest BCUT2D eigenvalue weighted by Gasteiger charge is 2.13. The molecule has 2 heterocycles. The fourth-order valence-electron chi connectivity index (χ4n) is 2.53. The van der Waals surface area contributed by atoms with E-state index >= 15 is 0 Å². The number of thioether (sulfide) groups is 1. The summed E-state index contributed by atoms with van der Waals surface area (Å²) in [6.07, 6.45) is 1.59. The van der Waals surface area contributed by atoms with E-state index in [1.807, 2.05) is 12.1 Å². The first-order chi connectivity index (χ1) is 12.6. The maximum atomic E-state index is 13.8. The lowest BCUT2D eigenvalue weighted by Crippen LogP contribution is -2.19. The summed E-state index contributed by atoms with van der Waals surface area (Å²) in [6.45, 7) is 0. The number of benzene rings is 2. The van der Waals surface area contributed by atoms with Crippen LogP contribution >= 0.6 is 23.4 Å². The zero-order valence-corrected chi connectivity index (χ0v) is 14.9. The zero-order chi connectivity index (χ0) is 18.1. The first kappa shape index (κ1) is 16.8. The minimum atomic E-state index is -0.397. The van der Waals surface area contributed by atoms with Gasteiger partial charge in [-0.05, 0) is 29.3 Å². The molecule has 0 saturated heterocycles. The average molecular weight is 387 g/mol. The second-order valence-corrected chi connectivity index (χ2v) is 6.93. The monoisotopic (exact) mass is 386 g/mol. The molecular formula is C18H12ClFN4OS. The molecule has 0 aliphatic rings. The molecule has 1 N–H and O–H groups in total. The number of nitrogens with zero attached hydrogens (tertiary/aromatic N) is 3. The molecule has 0 bridgehead atoms. The van der Waals surface area contributed by atoms with Gasteiger partial charge in [0.05, 0.1) is 6.20 Å². The number of hydrogen-bond donors (Lipinski definition) is 1. The van der Waals surface area contributed by atoms with Gasteiger partial charge >= 0.3 is 5.69 Å². The number of hydrogen-bond acceptors (Lipinski definition) is 4. The van der Waals surface area contributed by atoms with Gasteiger partial charge in [0.1, 0.15) is 5.82 Å². The number of rotatable bonds is 4. The number of aromatic amines is 1. The van der Waals surface area contributed by atoms with E-state index in [-0.39, 0.29) is 5.82 Å². The molecule has 0 unspecified atom stereocenters. The second-order valence-electron chi connectivity index (χ2n) is 5.53. The zero-order valence-electron chi connectivity index (χ0n) is 13.3. The normalized spacial score (nSPS) is 11.2. The van der Waals surface area contributed by atoms with Crippen molar-refractivity contribution < 1.29 is 4.39 Å². The summed E-state index contributed by atoms with van der Waals surface area (Å²) in [6, 6.07) is 13.7. The van der Waals surface area contributed by atoms with Crippen molar-refractivity contribution in [3.8, 4) is 11.1 Å². The van der Waals surface area contributed by atoms with Crippen LogP contribution in [0.2, 0.25) is 5.02 Å². The number of aromatic nitrogens is 4. The first-order valence-corrected chi connectivity index (χ1v) is 9.08. The van der Waals surface area contributed by atoms with E-state index in [0.717, 1.165) is 11.1 Å². The van der Waals surface area contributed by atoms with Crippen molar-refractivity contribution in [1.29, 1.82) is 0 Å². The van der Waals surface area contributed by atoms with Gasteiger partial charge in [0, 0.05) is 16.3 Å². The Morgan fingerprint density at radius 3 is 2.69 bits per heavy atom. The van der Waals surface area contributed by atoms with Crippen LogP contribution in [0.15, 0.2) is 64.7 Å². The Hall–Kier alpha value is -2.64. The maximum absolute atomic E-state index is 13.8. The Balaban J connectivity index is 1.71. The number of H-pyrrole nitrogens is 1. The molecule has 4 aromatic rings. The summed E-state index contributed by atoms with van der Waals surface area (Å²) in [5.74, 6) is 0.0746. The van der Waals surface area contributed by atoms with E-state index in [4.69, 9.17) is 11.6 Å². The van der Waals surface area contributed by atoms with Crippen molar-refractivity contribution in [1.82, 2.24) is 19.6 Å². The van der Waals surface area contributed by atoms with Gasteiger partial charge in [-0.15, -0.1) is 0 Å². The van der Waals surface area contributed by atoms with Gasteiger partial charge in [-0.25, -0.2) is 14.2 Å². The van der Waals surface area contributed by atoms with E-state index in [0.29, 0.717) is 27.1 Å². The summed E-state index contributed by atoms with van der Waals surface area (Å²) >= 11 is 7.19. The fraction of sp³-hybridized carbons (Fsp3) is 0.0556. The lowest BCUT2D eigenvalue weighted by atomic mass is 10.1. The van der Waals surface area contributed by atoms with Crippen molar-refractivity contribution in [3.63, 3.8) is 0 Å². The van der Waals surface area contributed by atoms with E-state index in [9.17, 15) is 9.18 Å². The summed E-state index contributed by atoms with van der Waals surface area (Å²) in [4.78, 5) is 19.4. The third kappa shape index (κ3) is 3.23. The highest BCUT2D eigenvalue weighted by Crippen LogP contribution is 2.26. The molecule has 0 atom stereocenters. The maximum Gasteiger partial charge on any atom is 0.350 e. The van der Waals surface area contributed by atoms with Crippen LogP contribution in [0.1, 0.15) is 5.56 Å². The highest BCUT2D eigenvalue weighted by molar-refractivity contribution is 7.98. The topological polar surface area (TPSA) is 63.0 Å². The minimum Gasteiger partial charge on any atom is -0.285 e. The number of fused-ring (bicyclic) bond motifs is 1. The van der Waals surface area contributed by atoms with Gasteiger partial charge in [0.2, 0.25) is 0 Å². The molecule has 0 aliphatic carbocycles. The Bertz CT molecular complexity index is 1140. The average Bonchev–Trinajstić information content (AvgIpc) is 3.06. The van der Waals surface area contributed by atoms with Crippen molar-refractivity contribution >= 4 is 29.0 Å². The molecule has 26 heavy (non-hydrogen) atoms. The van der Waals surface area contributed by atoms with E-state index in [2.05, 4.69) is 15.1 Å². The Labute approximate surface area is 156 Å². The lowest BCUT2D eigenvalue weighted by molar-refractivity contribution is 0.617. The summed E-state index contributed by atoms with van der Waals surface area (Å²) in [5.41, 5.74) is 2.16. The van der Waals surface area contributed by atoms with Gasteiger partial charge in [0.25, 0.3) is 0 Å². The van der Waals surface area contributed by atoms with Crippen molar-refractivity contribution in [2.24, 2.45) is 0 Å². The third-order valence-electron chi connectivity index (χ3n) is 3.83. The lowest BCUT2D eigenvalue weighted by Gasteiger charge is -2.04. The van der Waals surface area contributed by atoms with Crippen LogP contribution in [0, 0.1) is 5.82 Å². The summed E-state index contributed by atoms with van der Waals surface area (Å²) < 4.78 is 15.0. The Morgan fingerprint density at radius 2 is 1.92 bits per heavy atom. The fourth-order valence-corrected chi connectivity index (χ4v) is 3.49. The molecule has 130 valence electrons. The van der Waals surface area contributed by atoms with Crippen molar-refractivity contribution in [3.05, 3.63) is 81.6 Å². The van der Waals surface area contributed by atoms with E-state index in [1.54, 1.807) is 36.5 Å². The summed E-state index contributed by atoms with van der Waals surface area (Å²) in [7, 11) is 0. The van der Waals surface area contributed by atoms with Gasteiger partial charge in [-0.1, -0.05) is 53.7 Å². The van der Waals surface area contributed by atoms with Crippen molar-refractivity contribution in [2.45, 2.75) is 10.9 Å². The molecule has 0 amide bonds. The smallest absolute Gasteiger partial charge is 0.285 e. The molecule has 0 radical (unpaired) electrons. The molecule has 8 heteroatoms. The van der Waals surface area contributed by atoms with Crippen LogP contribution in [-0.4, -0.2) is 19.6 Å². The van der Waals surface area contributed by atoms with Gasteiger partial charge in [-0.2, -0.15) is 9.61 Å². The number of halogens is 2. The molecule has 2 aromatic heterocycles. The highest BCUT2D eigenvalue weighted by atomic mass is 35.5. The molecule has 0 spiro atoms. The van der Waals surface area contributed by atoms with Gasteiger partial charge in [0.15, 0.2) is 10.8 Å². The first-order valence-electron chi connectivity index (χ1n) is 7.72. The Kier molecular flexibility index (Phi) is 4.48. The van der Waals surface area contributed by atoms with Crippen LogP contribution in [0.3, 0.4) is 0 Å². The Morgan fingerprint density at radius 1 is 1.15 bits per heavy atom. The molecule has 4 rings (SSSR count). The SMILES string of the molecule is O=c1[nH]c(SCc2ccccc2F)nc2c(-c3ccc(Cl)cc3)cnn12. The van der Waals surface area contributed by atoms with Crippen LogP contribution in [0.4, 0.5) is 4.39 Å². The van der Waals surface area contributed by atoms with Crippen LogP contribution in [0.25, 0.3) is 16.8 Å². The number of nitrogens with one attached hydrogen (secondary N) is 1. The third-order valence-corrected chi connectivity index (χ3v) is 5.01. The summed E-state index contributed by atoms with van der Waals surface area (Å²) in [5, 5.41) is 5.13. The molecule has 0 fully saturated rings. The quantitative estimate of drug-likeness (QED) is 0.535. The standard InChI is InChI=1S/C18H12ClFN4OS/c19-13-7-5-11(6-8-13)14-9-21-24-16(14)22-17(23-18(24)25)26-10-12-3-1-2-4-15(12)20/h1-9H,10H2,(H,22,23,25). The van der Waals surface area contributed by atoms with E-state index in [1.165, 1.54) is 22.3 Å². The minimum absolute atomic E-state index is 0.283. The molecule has 5 nitrogen and oxygen atoms in total. The largest absolute Gasteiger partial charge is 0.350 e. The van der Waals surface area contributed by atoms with Gasteiger partial charge < -0.3 is 0 Å². The van der Waals surface area contributed by atoms with Gasteiger partial charge in [-0.3, -0.25) is 4.98 Å². The predicted octanol–water partition coefficient (Wildman–Crippen LogP) is 4.17. The second kappa shape index (κ2) is 6.93. The van der Waals surface area contributed by atoms with E-state index < -0.39 is 5.69 Å².